The van der Waals surface area contributed by atoms with Crippen LogP contribution in [0.1, 0.15) is 27.7 Å². The van der Waals surface area contributed by atoms with Crippen LogP contribution in [0.5, 0.6) is 0 Å². The molecule has 0 aliphatic carbocycles. The molecule has 1 heterocycles. The Morgan fingerprint density at radius 1 is 1.43 bits per heavy atom. The molecule has 1 fully saturated rings. The molecule has 2 N–H and O–H groups in total. The van der Waals surface area contributed by atoms with Crippen LogP contribution in [-0.4, -0.2) is 42.8 Å². The van der Waals surface area contributed by atoms with Crippen molar-refractivity contribution in [2.75, 3.05) is 19.7 Å². The molecule has 84 valence electrons. The van der Waals surface area contributed by atoms with Gasteiger partial charge in [-0.15, -0.1) is 0 Å². The summed E-state index contributed by atoms with van der Waals surface area (Å²) < 4.78 is 5.61. The molecule has 3 atom stereocenters. The van der Waals surface area contributed by atoms with E-state index in [2.05, 4.69) is 32.6 Å². The summed E-state index contributed by atoms with van der Waals surface area (Å²) in [5, 5.41) is 0. The van der Waals surface area contributed by atoms with E-state index in [0.717, 1.165) is 19.7 Å². The minimum Gasteiger partial charge on any atom is -0.376 e. The normalized spacial score (nSPS) is 32.1. The van der Waals surface area contributed by atoms with E-state index in [0.29, 0.717) is 24.1 Å². The molecule has 0 saturated carbocycles. The summed E-state index contributed by atoms with van der Waals surface area (Å²) in [6.45, 7) is 11.4. The van der Waals surface area contributed by atoms with Crippen molar-refractivity contribution in [3.05, 3.63) is 0 Å². The number of nitrogens with zero attached hydrogens (tertiary/aromatic N) is 1. The Morgan fingerprint density at radius 2 is 2.07 bits per heavy atom. The van der Waals surface area contributed by atoms with Crippen LogP contribution in [-0.2, 0) is 4.74 Å². The number of ether oxygens (including phenoxy) is 1. The monoisotopic (exact) mass is 200 g/mol. The molecular formula is C11H24N2O. The molecule has 0 spiro atoms. The number of hydrogen-bond donors (Lipinski definition) is 1. The van der Waals surface area contributed by atoms with Crippen molar-refractivity contribution < 1.29 is 4.74 Å². The number of hydrogen-bond acceptors (Lipinski definition) is 3. The zero-order chi connectivity index (χ0) is 10.7. The molecular weight excluding hydrogens is 176 g/mol. The predicted molar refractivity (Wildman–Crippen MR) is 59.3 cm³/mol. The smallest absolute Gasteiger partial charge is 0.0674 e. The molecule has 3 unspecified atom stereocenters. The molecule has 0 aromatic rings. The fourth-order valence-electron chi connectivity index (χ4n) is 2.18. The Bertz CT molecular complexity index is 173. The summed E-state index contributed by atoms with van der Waals surface area (Å²) in [7, 11) is 0. The lowest BCUT2D eigenvalue weighted by Gasteiger charge is -2.43. The highest BCUT2D eigenvalue weighted by Crippen LogP contribution is 2.18. The maximum atomic E-state index is 5.83. The molecule has 0 aromatic heterocycles. The third-order valence-corrected chi connectivity index (χ3v) is 3.09. The second-order valence-electron chi connectivity index (χ2n) is 4.74. The van der Waals surface area contributed by atoms with E-state index < -0.39 is 0 Å². The summed E-state index contributed by atoms with van der Waals surface area (Å²) in [5.41, 5.74) is 5.83. The Kier molecular flexibility index (Phi) is 4.35. The predicted octanol–water partition coefficient (Wildman–Crippen LogP) is 1.08. The fraction of sp³-hybridized carbons (Fsp3) is 1.00. The van der Waals surface area contributed by atoms with Crippen molar-refractivity contribution in [2.24, 2.45) is 11.7 Å². The van der Waals surface area contributed by atoms with Crippen LogP contribution in [0.4, 0.5) is 0 Å². The molecule has 1 aliphatic heterocycles. The quantitative estimate of drug-likeness (QED) is 0.741. The van der Waals surface area contributed by atoms with Crippen LogP contribution in [0.15, 0.2) is 0 Å². The fourth-order valence-corrected chi connectivity index (χ4v) is 2.18. The SMILES string of the molecule is CC1CN(C(CN)C(C)C)C(C)CO1. The van der Waals surface area contributed by atoms with Crippen LogP contribution in [0.25, 0.3) is 0 Å². The van der Waals surface area contributed by atoms with Gasteiger partial charge in [0.15, 0.2) is 0 Å². The molecule has 0 radical (unpaired) electrons. The van der Waals surface area contributed by atoms with E-state index in [1.165, 1.54) is 0 Å². The van der Waals surface area contributed by atoms with Gasteiger partial charge in [0.25, 0.3) is 0 Å². The maximum absolute atomic E-state index is 5.83. The highest BCUT2D eigenvalue weighted by atomic mass is 16.5. The lowest BCUT2D eigenvalue weighted by atomic mass is 9.99. The minimum atomic E-state index is 0.346. The standard InChI is InChI=1S/C11H24N2O/c1-8(2)11(5-12)13-6-10(4)14-7-9(13)3/h8-11H,5-7,12H2,1-4H3. The number of nitrogens with two attached hydrogens (primary N) is 1. The molecule has 0 aromatic carbocycles. The van der Waals surface area contributed by atoms with Crippen molar-refractivity contribution in [2.45, 2.75) is 45.9 Å². The molecule has 14 heavy (non-hydrogen) atoms. The summed E-state index contributed by atoms with van der Waals surface area (Å²) in [5.74, 6) is 0.618. The summed E-state index contributed by atoms with van der Waals surface area (Å²) in [4.78, 5) is 2.50. The first-order valence-electron chi connectivity index (χ1n) is 5.63. The average molecular weight is 200 g/mol. The first-order chi connectivity index (χ1) is 6.56. The maximum Gasteiger partial charge on any atom is 0.0674 e. The van der Waals surface area contributed by atoms with Gasteiger partial charge in [0, 0.05) is 25.2 Å². The zero-order valence-electron chi connectivity index (χ0n) is 9.86. The van der Waals surface area contributed by atoms with Gasteiger partial charge in [-0.25, -0.2) is 0 Å². The highest BCUT2D eigenvalue weighted by molar-refractivity contribution is 4.84. The van der Waals surface area contributed by atoms with Crippen molar-refractivity contribution in [3.8, 4) is 0 Å². The molecule has 1 saturated heterocycles. The summed E-state index contributed by atoms with van der Waals surface area (Å²) in [6.07, 6.45) is 0.346. The highest BCUT2D eigenvalue weighted by Gasteiger charge is 2.30. The van der Waals surface area contributed by atoms with Crippen molar-refractivity contribution in [1.82, 2.24) is 4.90 Å². The Labute approximate surface area is 87.6 Å². The molecule has 3 nitrogen and oxygen atoms in total. The van der Waals surface area contributed by atoms with E-state index in [-0.39, 0.29) is 0 Å². The third-order valence-electron chi connectivity index (χ3n) is 3.09. The van der Waals surface area contributed by atoms with Crippen molar-refractivity contribution >= 4 is 0 Å². The van der Waals surface area contributed by atoms with Crippen molar-refractivity contribution in [1.29, 1.82) is 0 Å². The van der Waals surface area contributed by atoms with Gasteiger partial charge in [-0.2, -0.15) is 0 Å². The lowest BCUT2D eigenvalue weighted by molar-refractivity contribution is -0.0712. The van der Waals surface area contributed by atoms with Crippen LogP contribution in [0.3, 0.4) is 0 Å². The lowest BCUT2D eigenvalue weighted by Crippen LogP contribution is -2.55. The van der Waals surface area contributed by atoms with E-state index in [4.69, 9.17) is 10.5 Å². The van der Waals surface area contributed by atoms with E-state index in [1.54, 1.807) is 0 Å². The molecule has 1 aliphatic rings. The molecule has 3 heteroatoms. The minimum absolute atomic E-state index is 0.346. The van der Waals surface area contributed by atoms with Crippen LogP contribution in [0, 0.1) is 5.92 Å². The number of rotatable bonds is 3. The average Bonchev–Trinajstić information content (AvgIpc) is 2.11. The van der Waals surface area contributed by atoms with Crippen LogP contribution in [0.2, 0.25) is 0 Å². The van der Waals surface area contributed by atoms with Crippen molar-refractivity contribution in [3.63, 3.8) is 0 Å². The third kappa shape index (κ3) is 2.69. The van der Waals surface area contributed by atoms with Gasteiger partial charge < -0.3 is 10.5 Å². The Balaban J connectivity index is 2.62. The topological polar surface area (TPSA) is 38.5 Å². The zero-order valence-corrected chi connectivity index (χ0v) is 9.86. The van der Waals surface area contributed by atoms with Gasteiger partial charge in [-0.05, 0) is 19.8 Å². The molecule has 0 bridgehead atoms. The van der Waals surface area contributed by atoms with Crippen LogP contribution < -0.4 is 5.73 Å². The number of morpholine rings is 1. The van der Waals surface area contributed by atoms with Gasteiger partial charge in [0.2, 0.25) is 0 Å². The van der Waals surface area contributed by atoms with Gasteiger partial charge >= 0.3 is 0 Å². The molecule has 1 rings (SSSR count). The second-order valence-corrected chi connectivity index (χ2v) is 4.74. The second kappa shape index (κ2) is 5.10. The summed E-state index contributed by atoms with van der Waals surface area (Å²) >= 11 is 0. The van der Waals surface area contributed by atoms with E-state index >= 15 is 0 Å². The van der Waals surface area contributed by atoms with Gasteiger partial charge in [-0.1, -0.05) is 13.8 Å². The van der Waals surface area contributed by atoms with Crippen LogP contribution >= 0.6 is 0 Å². The summed E-state index contributed by atoms with van der Waals surface area (Å²) in [6, 6.07) is 0.999. The first kappa shape index (κ1) is 12.0. The molecule has 0 amide bonds. The first-order valence-corrected chi connectivity index (χ1v) is 5.63. The van der Waals surface area contributed by atoms with E-state index in [9.17, 15) is 0 Å². The van der Waals surface area contributed by atoms with Gasteiger partial charge in [-0.3, -0.25) is 4.90 Å². The van der Waals surface area contributed by atoms with E-state index in [1.807, 2.05) is 0 Å². The Hall–Kier alpha value is -0.120. The van der Waals surface area contributed by atoms with Gasteiger partial charge in [0.1, 0.15) is 0 Å². The Morgan fingerprint density at radius 3 is 2.57 bits per heavy atom. The van der Waals surface area contributed by atoms with Gasteiger partial charge in [0.05, 0.1) is 12.7 Å². The largest absolute Gasteiger partial charge is 0.376 e.